The first-order valence-corrected chi connectivity index (χ1v) is 6.70. The van der Waals surface area contributed by atoms with Crippen molar-refractivity contribution >= 4 is 11.7 Å². The second-order valence-corrected chi connectivity index (χ2v) is 4.92. The van der Waals surface area contributed by atoms with E-state index in [9.17, 15) is 9.90 Å². The maximum Gasteiger partial charge on any atom is 0.312 e. The van der Waals surface area contributed by atoms with Crippen molar-refractivity contribution in [3.63, 3.8) is 0 Å². The van der Waals surface area contributed by atoms with E-state index in [0.717, 1.165) is 18.7 Å². The fraction of sp³-hybridized carbons (Fsp3) is 0.500. The number of carbonyl (C=O) groups is 1. The molecule has 2 rings (SSSR count). The number of nitrogens with two attached hydrogens (primary N) is 1. The molecule has 1 fully saturated rings. The summed E-state index contributed by atoms with van der Waals surface area (Å²) in [5.41, 5.74) is 7.45. The van der Waals surface area contributed by atoms with Gasteiger partial charge in [0.15, 0.2) is 0 Å². The van der Waals surface area contributed by atoms with Crippen LogP contribution < -0.4 is 16.0 Å². The van der Waals surface area contributed by atoms with E-state index in [1.165, 1.54) is 18.5 Å². The lowest BCUT2D eigenvalue weighted by Crippen LogP contribution is -2.42. The number of anilines is 1. The van der Waals surface area contributed by atoms with Crippen LogP contribution in [0.3, 0.4) is 0 Å². The molecule has 1 saturated heterocycles. The highest BCUT2D eigenvalue weighted by Gasteiger charge is 2.18. The Morgan fingerprint density at radius 3 is 2.68 bits per heavy atom. The quantitative estimate of drug-likeness (QED) is 0.737. The van der Waals surface area contributed by atoms with Crippen molar-refractivity contribution in [2.75, 3.05) is 24.6 Å². The van der Waals surface area contributed by atoms with Gasteiger partial charge in [-0.05, 0) is 30.9 Å². The minimum Gasteiger partial charge on any atom is -0.394 e. The summed E-state index contributed by atoms with van der Waals surface area (Å²) in [6, 6.07) is 7.21. The van der Waals surface area contributed by atoms with Crippen molar-refractivity contribution in [3.05, 3.63) is 29.8 Å². The lowest BCUT2D eigenvalue weighted by molar-refractivity contribution is 0.222. The van der Waals surface area contributed by atoms with Gasteiger partial charge in [-0.3, -0.25) is 0 Å². The molecular formula is C14H21N3O2. The second-order valence-electron chi connectivity index (χ2n) is 4.92. The van der Waals surface area contributed by atoms with Gasteiger partial charge in [-0.15, -0.1) is 0 Å². The van der Waals surface area contributed by atoms with Gasteiger partial charge in [-0.2, -0.15) is 0 Å². The van der Waals surface area contributed by atoms with Crippen molar-refractivity contribution in [2.45, 2.75) is 25.3 Å². The molecule has 2 amide bonds. The van der Waals surface area contributed by atoms with Gasteiger partial charge in [0.1, 0.15) is 0 Å². The van der Waals surface area contributed by atoms with Crippen molar-refractivity contribution in [1.29, 1.82) is 0 Å². The smallest absolute Gasteiger partial charge is 0.312 e. The Bertz CT molecular complexity index is 430. The Morgan fingerprint density at radius 1 is 1.37 bits per heavy atom. The maximum absolute atomic E-state index is 10.9. The summed E-state index contributed by atoms with van der Waals surface area (Å²) in [5.74, 6) is 0. The summed E-state index contributed by atoms with van der Waals surface area (Å²) in [6.07, 6.45) is 3.03. The average Bonchev–Trinajstić information content (AvgIpc) is 2.92. The zero-order valence-electron chi connectivity index (χ0n) is 11.0. The molecule has 0 bridgehead atoms. The zero-order chi connectivity index (χ0) is 13.7. The number of rotatable bonds is 5. The molecule has 0 aromatic heterocycles. The fourth-order valence-electron chi connectivity index (χ4n) is 2.58. The maximum atomic E-state index is 10.9. The van der Waals surface area contributed by atoms with Crippen LogP contribution >= 0.6 is 0 Å². The molecule has 1 aliphatic rings. The molecule has 0 radical (unpaired) electrons. The number of benzene rings is 1. The molecule has 0 aliphatic carbocycles. The number of primary amides is 1. The van der Waals surface area contributed by atoms with Crippen LogP contribution in [0.1, 0.15) is 18.4 Å². The standard InChI is InChI=1S/C14H21N3O2/c15-14(19)16-12(10-18)9-11-5-1-2-6-13(11)17-7-3-4-8-17/h1-2,5-6,12,18H,3-4,7-10H2,(H3,15,16,19)/t12-/m1/s1. The molecule has 19 heavy (non-hydrogen) atoms. The van der Waals surface area contributed by atoms with E-state index in [4.69, 9.17) is 5.73 Å². The van der Waals surface area contributed by atoms with Crippen LogP contribution in [0.25, 0.3) is 0 Å². The molecule has 0 unspecified atom stereocenters. The summed E-state index contributed by atoms with van der Waals surface area (Å²) in [5, 5.41) is 11.9. The summed E-state index contributed by atoms with van der Waals surface area (Å²) in [6.45, 7) is 2.03. The van der Waals surface area contributed by atoms with E-state index in [-0.39, 0.29) is 12.6 Å². The van der Waals surface area contributed by atoms with Crippen LogP contribution in [0.4, 0.5) is 10.5 Å². The number of aliphatic hydroxyl groups excluding tert-OH is 1. The molecule has 1 aromatic carbocycles. The Morgan fingerprint density at radius 2 is 2.05 bits per heavy atom. The Hall–Kier alpha value is -1.75. The third-order valence-corrected chi connectivity index (χ3v) is 3.47. The number of nitrogens with zero attached hydrogens (tertiary/aromatic N) is 1. The van der Waals surface area contributed by atoms with E-state index in [1.807, 2.05) is 18.2 Å². The first-order chi connectivity index (χ1) is 9.20. The van der Waals surface area contributed by atoms with Crippen LogP contribution in [0.5, 0.6) is 0 Å². The van der Waals surface area contributed by atoms with Crippen LogP contribution in [0, 0.1) is 0 Å². The van der Waals surface area contributed by atoms with Gasteiger partial charge in [-0.1, -0.05) is 18.2 Å². The molecule has 0 saturated carbocycles. The van der Waals surface area contributed by atoms with Gasteiger partial charge in [0.2, 0.25) is 0 Å². The number of amides is 2. The average molecular weight is 263 g/mol. The van der Waals surface area contributed by atoms with Crippen molar-refractivity contribution < 1.29 is 9.90 Å². The van der Waals surface area contributed by atoms with Gasteiger partial charge >= 0.3 is 6.03 Å². The van der Waals surface area contributed by atoms with Crippen molar-refractivity contribution in [2.24, 2.45) is 5.73 Å². The Balaban J connectivity index is 2.12. The molecule has 1 aliphatic heterocycles. The second kappa shape index (κ2) is 6.43. The zero-order valence-corrected chi connectivity index (χ0v) is 11.0. The van der Waals surface area contributed by atoms with E-state index in [0.29, 0.717) is 6.42 Å². The molecule has 1 atom stereocenters. The number of hydrogen-bond donors (Lipinski definition) is 3. The normalized spacial score (nSPS) is 16.4. The largest absolute Gasteiger partial charge is 0.394 e. The topological polar surface area (TPSA) is 78.6 Å². The molecule has 5 nitrogen and oxygen atoms in total. The number of hydrogen-bond acceptors (Lipinski definition) is 3. The summed E-state index contributed by atoms with van der Waals surface area (Å²) in [7, 11) is 0. The van der Waals surface area contributed by atoms with Crippen molar-refractivity contribution in [1.82, 2.24) is 5.32 Å². The van der Waals surface area contributed by atoms with Gasteiger partial charge in [0.05, 0.1) is 12.6 Å². The first kappa shape index (κ1) is 13.7. The van der Waals surface area contributed by atoms with E-state index >= 15 is 0 Å². The summed E-state index contributed by atoms with van der Waals surface area (Å²) < 4.78 is 0. The molecule has 1 heterocycles. The SMILES string of the molecule is NC(=O)N[C@@H](CO)Cc1ccccc1N1CCCC1. The predicted molar refractivity (Wildman–Crippen MR) is 75.2 cm³/mol. The number of urea groups is 1. The minimum atomic E-state index is -0.599. The summed E-state index contributed by atoms with van der Waals surface area (Å²) >= 11 is 0. The number of carbonyl (C=O) groups excluding carboxylic acids is 1. The lowest BCUT2D eigenvalue weighted by atomic mass is 10.0. The van der Waals surface area contributed by atoms with Crippen LogP contribution in [0.2, 0.25) is 0 Å². The molecule has 4 N–H and O–H groups in total. The minimum absolute atomic E-state index is 0.114. The highest BCUT2D eigenvalue weighted by atomic mass is 16.3. The summed E-state index contributed by atoms with van der Waals surface area (Å²) in [4.78, 5) is 13.2. The third kappa shape index (κ3) is 3.61. The van der Waals surface area contributed by atoms with Gasteiger partial charge in [0.25, 0.3) is 0 Å². The highest BCUT2D eigenvalue weighted by molar-refractivity contribution is 5.72. The number of nitrogens with one attached hydrogen (secondary N) is 1. The fourth-order valence-corrected chi connectivity index (χ4v) is 2.58. The van der Waals surface area contributed by atoms with Crippen molar-refractivity contribution in [3.8, 4) is 0 Å². The molecule has 0 spiro atoms. The molecule has 1 aromatic rings. The van der Waals surface area contributed by atoms with Crippen LogP contribution in [-0.2, 0) is 6.42 Å². The lowest BCUT2D eigenvalue weighted by Gasteiger charge is -2.23. The first-order valence-electron chi connectivity index (χ1n) is 6.70. The number of aliphatic hydroxyl groups is 1. The van der Waals surface area contributed by atoms with E-state index in [2.05, 4.69) is 16.3 Å². The monoisotopic (exact) mass is 263 g/mol. The van der Waals surface area contributed by atoms with Gasteiger partial charge in [-0.25, -0.2) is 4.79 Å². The molecular weight excluding hydrogens is 242 g/mol. The molecule has 104 valence electrons. The van der Waals surface area contributed by atoms with Gasteiger partial charge < -0.3 is 21.1 Å². The predicted octanol–water partition coefficient (Wildman–Crippen LogP) is 0.858. The van der Waals surface area contributed by atoms with E-state index < -0.39 is 6.03 Å². The number of para-hydroxylation sites is 1. The van der Waals surface area contributed by atoms with E-state index in [1.54, 1.807) is 0 Å². The molecule has 5 heteroatoms. The Kier molecular flexibility index (Phi) is 4.63. The van der Waals surface area contributed by atoms with Gasteiger partial charge in [0, 0.05) is 18.8 Å². The Labute approximate surface area is 113 Å². The third-order valence-electron chi connectivity index (χ3n) is 3.47. The van der Waals surface area contributed by atoms with Crippen LogP contribution in [0.15, 0.2) is 24.3 Å². The highest BCUT2D eigenvalue weighted by Crippen LogP contribution is 2.25. The van der Waals surface area contributed by atoms with Crippen LogP contribution in [-0.4, -0.2) is 36.9 Å².